The number of hydrogen-bond acceptors (Lipinski definition) is 2. The van der Waals surface area contributed by atoms with Crippen LogP contribution in [0.5, 0.6) is 0 Å². The van der Waals surface area contributed by atoms with Gasteiger partial charge in [-0.05, 0) is 50.8 Å². The van der Waals surface area contributed by atoms with Crippen molar-refractivity contribution in [1.82, 2.24) is 5.32 Å². The number of nitrogens with zero attached hydrogens (tertiary/aromatic N) is 1. The summed E-state index contributed by atoms with van der Waals surface area (Å²) in [6, 6.07) is 48.8. The van der Waals surface area contributed by atoms with E-state index in [2.05, 4.69) is 163 Å². The fourth-order valence-corrected chi connectivity index (χ4v) is 7.47. The average Bonchev–Trinajstić information content (AvgIpc) is 3.59. The van der Waals surface area contributed by atoms with Crippen LogP contribution in [0.4, 0.5) is 0 Å². The lowest BCUT2D eigenvalue weighted by Crippen LogP contribution is -2.30. The lowest BCUT2D eigenvalue weighted by molar-refractivity contribution is 0.749. The molecule has 218 valence electrons. The number of rotatable bonds is 8. The quantitative estimate of drug-likeness (QED) is 0.107. The third-order valence-electron chi connectivity index (χ3n) is 8.29. The lowest BCUT2D eigenvalue weighted by Gasteiger charge is -2.26. The van der Waals surface area contributed by atoms with Crippen LogP contribution in [0.2, 0.25) is 0 Å². The van der Waals surface area contributed by atoms with Crippen LogP contribution in [0.1, 0.15) is 22.3 Å². The van der Waals surface area contributed by atoms with Crippen molar-refractivity contribution >= 4 is 30.9 Å². The Morgan fingerprint density at radius 1 is 0.644 bits per heavy atom. The Balaban J connectivity index is 1.12. The van der Waals surface area contributed by atoms with E-state index < -0.39 is 0 Å². The van der Waals surface area contributed by atoms with E-state index in [0.717, 1.165) is 33.4 Å². The Morgan fingerprint density at radius 2 is 1.27 bits per heavy atom. The molecule has 3 N–H and O–H groups in total. The van der Waals surface area contributed by atoms with Crippen LogP contribution in [0.15, 0.2) is 181 Å². The van der Waals surface area contributed by atoms with Gasteiger partial charge in [-0.2, -0.15) is 0 Å². The third-order valence-corrected chi connectivity index (χ3v) is 9.93. The summed E-state index contributed by atoms with van der Waals surface area (Å²) in [4.78, 5) is 4.96. The molecule has 0 radical (unpaired) electrons. The van der Waals surface area contributed by atoms with Crippen LogP contribution >= 0.6 is 8.58 Å². The standard InChI is InChI=1S/C41H34N3P/c42-39(44-40-38(32-15-6-2-7-16-32)28-35(29-43-40)30-13-4-1-5-14-30)33-23-21-31(22-24-33)34-17-12-20-37(27-34)45-41(25-10-11-26-41)36-18-8-3-9-19-36/h1-29,40,43,45H,(H2,42,44). The predicted molar refractivity (Wildman–Crippen MR) is 193 cm³/mol. The molecule has 5 aromatic rings. The van der Waals surface area contributed by atoms with Crippen LogP contribution < -0.4 is 16.4 Å². The Kier molecular flexibility index (Phi) is 8.10. The maximum Gasteiger partial charge on any atom is 0.147 e. The molecule has 0 saturated carbocycles. The van der Waals surface area contributed by atoms with Crippen molar-refractivity contribution in [2.75, 3.05) is 0 Å². The largest absolute Gasteiger partial charge is 0.383 e. The molecule has 2 aliphatic rings. The topological polar surface area (TPSA) is 50.4 Å². The number of allylic oxidation sites excluding steroid dienone is 6. The van der Waals surface area contributed by atoms with E-state index in [-0.39, 0.29) is 11.3 Å². The molecule has 0 aromatic heterocycles. The molecular weight excluding hydrogens is 565 g/mol. The van der Waals surface area contributed by atoms with Gasteiger partial charge < -0.3 is 11.1 Å². The van der Waals surface area contributed by atoms with Gasteiger partial charge in [-0.15, -0.1) is 0 Å². The van der Waals surface area contributed by atoms with Gasteiger partial charge in [-0.1, -0.05) is 166 Å². The van der Waals surface area contributed by atoms with Crippen molar-refractivity contribution < 1.29 is 0 Å². The van der Waals surface area contributed by atoms with Crippen LogP contribution in [0.25, 0.3) is 22.3 Å². The van der Waals surface area contributed by atoms with Gasteiger partial charge >= 0.3 is 0 Å². The number of amidine groups is 1. The molecule has 0 spiro atoms. The zero-order chi connectivity index (χ0) is 30.5. The van der Waals surface area contributed by atoms with E-state index in [1.54, 1.807) is 0 Å². The maximum absolute atomic E-state index is 6.64. The normalized spacial score (nSPS) is 17.2. The molecular formula is C41H34N3P. The van der Waals surface area contributed by atoms with Gasteiger partial charge in [0.15, 0.2) is 0 Å². The minimum absolute atomic E-state index is 0.0914. The fraction of sp³-hybridized carbons (Fsp3) is 0.0488. The van der Waals surface area contributed by atoms with Gasteiger partial charge in [0.1, 0.15) is 12.0 Å². The maximum atomic E-state index is 6.64. The third kappa shape index (κ3) is 6.22. The minimum Gasteiger partial charge on any atom is -0.383 e. The second-order valence-electron chi connectivity index (χ2n) is 11.3. The van der Waals surface area contributed by atoms with Crippen molar-refractivity contribution in [3.05, 3.63) is 198 Å². The molecule has 4 heteroatoms. The zero-order valence-electron chi connectivity index (χ0n) is 24.8. The molecule has 0 bridgehead atoms. The molecule has 45 heavy (non-hydrogen) atoms. The first kappa shape index (κ1) is 28.5. The summed E-state index contributed by atoms with van der Waals surface area (Å²) in [5.41, 5.74) is 15.7. The number of nitrogens with one attached hydrogen (secondary N) is 1. The minimum atomic E-state index is -0.298. The summed E-state index contributed by atoms with van der Waals surface area (Å²) in [5, 5.41) is 4.73. The zero-order valence-corrected chi connectivity index (χ0v) is 25.8. The fourth-order valence-electron chi connectivity index (χ4n) is 5.92. The van der Waals surface area contributed by atoms with E-state index in [1.165, 1.54) is 16.4 Å². The van der Waals surface area contributed by atoms with E-state index >= 15 is 0 Å². The molecule has 1 aliphatic heterocycles. The highest BCUT2D eigenvalue weighted by Gasteiger charge is 2.28. The first-order chi connectivity index (χ1) is 22.2. The molecule has 3 nitrogen and oxygen atoms in total. The van der Waals surface area contributed by atoms with Gasteiger partial charge in [0.25, 0.3) is 0 Å². The van der Waals surface area contributed by atoms with Gasteiger partial charge in [0.2, 0.25) is 0 Å². The van der Waals surface area contributed by atoms with Crippen LogP contribution in [-0.4, -0.2) is 12.0 Å². The number of hydrogen-bond donors (Lipinski definition) is 2. The van der Waals surface area contributed by atoms with Gasteiger partial charge in [-0.3, -0.25) is 0 Å². The first-order valence-electron chi connectivity index (χ1n) is 15.2. The second kappa shape index (κ2) is 12.8. The highest BCUT2D eigenvalue weighted by atomic mass is 31.1. The summed E-state index contributed by atoms with van der Waals surface area (Å²) in [7, 11) is 0.587. The first-order valence-corrected chi connectivity index (χ1v) is 16.2. The molecule has 2 unspecified atom stereocenters. The summed E-state index contributed by atoms with van der Waals surface area (Å²) in [6.07, 6.45) is 12.9. The van der Waals surface area contributed by atoms with Gasteiger partial charge in [-0.25, -0.2) is 4.99 Å². The van der Waals surface area contributed by atoms with Gasteiger partial charge in [0.05, 0.1) is 5.16 Å². The highest BCUT2D eigenvalue weighted by Crippen LogP contribution is 2.46. The van der Waals surface area contributed by atoms with Crippen molar-refractivity contribution in [3.8, 4) is 11.1 Å². The van der Waals surface area contributed by atoms with Crippen LogP contribution in [0.3, 0.4) is 0 Å². The van der Waals surface area contributed by atoms with E-state index in [1.807, 2.05) is 18.3 Å². The number of dihydropyridines is 1. The molecule has 0 amide bonds. The van der Waals surface area contributed by atoms with E-state index in [0.29, 0.717) is 14.4 Å². The Hall–Kier alpha value is -5.24. The Bertz CT molecular complexity index is 1930. The molecule has 5 aromatic carbocycles. The number of nitrogens with two attached hydrogens (primary N) is 1. The monoisotopic (exact) mass is 599 g/mol. The Morgan fingerprint density at radius 3 is 1.96 bits per heavy atom. The molecule has 7 rings (SSSR count). The summed E-state index contributed by atoms with van der Waals surface area (Å²) >= 11 is 0. The van der Waals surface area contributed by atoms with E-state index in [4.69, 9.17) is 10.7 Å². The predicted octanol–water partition coefficient (Wildman–Crippen LogP) is 8.44. The Labute approximate surface area is 267 Å². The molecule has 0 fully saturated rings. The van der Waals surface area contributed by atoms with Crippen LogP contribution in [0, 0.1) is 0 Å². The molecule has 1 heterocycles. The van der Waals surface area contributed by atoms with Crippen molar-refractivity contribution in [3.63, 3.8) is 0 Å². The van der Waals surface area contributed by atoms with Crippen molar-refractivity contribution in [2.24, 2.45) is 10.7 Å². The smallest absolute Gasteiger partial charge is 0.147 e. The van der Waals surface area contributed by atoms with Gasteiger partial charge in [0, 0.05) is 17.3 Å². The number of benzene rings is 5. The molecule has 0 saturated heterocycles. The van der Waals surface area contributed by atoms with Crippen molar-refractivity contribution in [2.45, 2.75) is 11.3 Å². The van der Waals surface area contributed by atoms with Crippen molar-refractivity contribution in [1.29, 1.82) is 0 Å². The second-order valence-corrected chi connectivity index (χ2v) is 12.9. The van der Waals surface area contributed by atoms with E-state index in [9.17, 15) is 0 Å². The average molecular weight is 600 g/mol. The number of aliphatic imine (C=N–C) groups is 1. The van der Waals surface area contributed by atoms with Crippen LogP contribution in [-0.2, 0) is 5.16 Å². The lowest BCUT2D eigenvalue weighted by atomic mass is 9.95. The highest BCUT2D eigenvalue weighted by molar-refractivity contribution is 7.49. The summed E-state index contributed by atoms with van der Waals surface area (Å²) in [5.74, 6) is 0.497. The summed E-state index contributed by atoms with van der Waals surface area (Å²) < 4.78 is 0. The SMILES string of the molecule is NC(=NC1NC=C(c2ccccc2)C=C1c1ccccc1)c1ccc(-c2cccc(PC3(c4ccccc4)C=CC=C3)c2)cc1. The summed E-state index contributed by atoms with van der Waals surface area (Å²) in [6.45, 7) is 0. The molecule has 2 atom stereocenters. The molecule has 1 aliphatic carbocycles.